The molecule has 1 atom stereocenters. The minimum absolute atomic E-state index is 0.390. The second-order valence-corrected chi connectivity index (χ2v) is 4.72. The first-order chi connectivity index (χ1) is 8.33. The summed E-state index contributed by atoms with van der Waals surface area (Å²) in [4.78, 5) is 22.1. The van der Waals surface area contributed by atoms with E-state index in [-0.39, 0.29) is 0 Å². The number of amides is 2. The van der Waals surface area contributed by atoms with Crippen molar-refractivity contribution < 1.29 is 19.8 Å². The summed E-state index contributed by atoms with van der Waals surface area (Å²) in [7, 11) is 0. The fourth-order valence-corrected chi connectivity index (χ4v) is 1.44. The third-order valence-corrected chi connectivity index (χ3v) is 2.87. The van der Waals surface area contributed by atoms with Gasteiger partial charge in [0.2, 0.25) is 0 Å². The molecule has 0 saturated heterocycles. The van der Waals surface area contributed by atoms with Gasteiger partial charge in [0.05, 0.1) is 12.2 Å². The van der Waals surface area contributed by atoms with Crippen LogP contribution in [0.3, 0.4) is 0 Å². The number of carboxylic acid groups (broad SMARTS) is 1. The van der Waals surface area contributed by atoms with E-state index >= 15 is 0 Å². The number of hydrogen-bond donors (Lipinski definition) is 4. The van der Waals surface area contributed by atoms with E-state index in [1.165, 1.54) is 0 Å². The number of aliphatic hydroxyl groups is 1. The summed E-state index contributed by atoms with van der Waals surface area (Å²) in [6, 6.07) is 6.38. The highest BCUT2D eigenvalue weighted by Crippen LogP contribution is 2.20. The van der Waals surface area contributed by atoms with E-state index in [9.17, 15) is 14.7 Å². The number of hydrogen-bond acceptors (Lipinski definition) is 3. The van der Waals surface area contributed by atoms with Crippen LogP contribution in [-0.4, -0.2) is 34.4 Å². The Hall–Kier alpha value is -1.60. The Kier molecular flexibility index (Phi) is 4.69. The van der Waals surface area contributed by atoms with Crippen molar-refractivity contribution in [2.75, 3.05) is 11.9 Å². The van der Waals surface area contributed by atoms with Crippen molar-refractivity contribution in [2.45, 2.75) is 12.5 Å². The van der Waals surface area contributed by atoms with Crippen LogP contribution in [0.15, 0.2) is 28.7 Å². The third-order valence-electron chi connectivity index (χ3n) is 2.18. The Morgan fingerprint density at radius 3 is 2.56 bits per heavy atom. The lowest BCUT2D eigenvalue weighted by Gasteiger charge is -2.18. The molecule has 18 heavy (non-hydrogen) atoms. The SMILES string of the molecule is CC(O)(CNC(=O)Nc1ccccc1Br)C(=O)O. The van der Waals surface area contributed by atoms with Gasteiger partial charge in [-0.15, -0.1) is 0 Å². The Balaban J connectivity index is 2.54. The second kappa shape index (κ2) is 5.83. The number of aliphatic carboxylic acids is 1. The summed E-state index contributed by atoms with van der Waals surface area (Å²) in [6.07, 6.45) is 0. The zero-order chi connectivity index (χ0) is 13.8. The highest BCUT2D eigenvalue weighted by molar-refractivity contribution is 9.10. The maximum Gasteiger partial charge on any atom is 0.337 e. The van der Waals surface area contributed by atoms with Crippen LogP contribution in [0.1, 0.15) is 6.92 Å². The normalized spacial score (nSPS) is 13.5. The first kappa shape index (κ1) is 14.5. The molecule has 4 N–H and O–H groups in total. The van der Waals surface area contributed by atoms with Crippen LogP contribution >= 0.6 is 15.9 Å². The summed E-state index contributed by atoms with van der Waals surface area (Å²) in [5.41, 5.74) is -1.45. The molecule has 0 saturated carbocycles. The Labute approximate surface area is 112 Å². The van der Waals surface area contributed by atoms with Crippen molar-refractivity contribution in [3.8, 4) is 0 Å². The maximum absolute atomic E-state index is 11.5. The minimum Gasteiger partial charge on any atom is -0.479 e. The zero-order valence-corrected chi connectivity index (χ0v) is 11.2. The molecule has 0 aromatic heterocycles. The van der Waals surface area contributed by atoms with Crippen molar-refractivity contribution in [1.29, 1.82) is 0 Å². The van der Waals surface area contributed by atoms with Gasteiger partial charge in [-0.25, -0.2) is 9.59 Å². The van der Waals surface area contributed by atoms with Crippen LogP contribution in [-0.2, 0) is 4.79 Å². The Morgan fingerprint density at radius 2 is 2.00 bits per heavy atom. The third kappa shape index (κ3) is 4.01. The summed E-state index contributed by atoms with van der Waals surface area (Å²) in [5, 5.41) is 22.9. The highest BCUT2D eigenvalue weighted by atomic mass is 79.9. The number of carbonyl (C=O) groups excluding carboxylic acids is 1. The topological polar surface area (TPSA) is 98.7 Å². The quantitative estimate of drug-likeness (QED) is 0.675. The van der Waals surface area contributed by atoms with Crippen molar-refractivity contribution in [2.24, 2.45) is 0 Å². The number of para-hydroxylation sites is 1. The molecule has 1 aromatic rings. The average Bonchev–Trinajstić information content (AvgIpc) is 2.29. The average molecular weight is 317 g/mol. The second-order valence-electron chi connectivity index (χ2n) is 3.87. The molecule has 1 unspecified atom stereocenters. The van der Waals surface area contributed by atoms with Crippen LogP contribution < -0.4 is 10.6 Å². The van der Waals surface area contributed by atoms with Crippen LogP contribution in [0.25, 0.3) is 0 Å². The van der Waals surface area contributed by atoms with E-state index in [2.05, 4.69) is 26.6 Å². The smallest absolute Gasteiger partial charge is 0.337 e. The van der Waals surface area contributed by atoms with Crippen LogP contribution in [0, 0.1) is 0 Å². The summed E-state index contributed by atoms with van der Waals surface area (Å²) in [5.74, 6) is -1.40. The zero-order valence-electron chi connectivity index (χ0n) is 9.61. The van der Waals surface area contributed by atoms with Gasteiger partial charge in [-0.3, -0.25) is 0 Å². The first-order valence-electron chi connectivity index (χ1n) is 5.08. The molecular weight excluding hydrogens is 304 g/mol. The van der Waals surface area contributed by atoms with Gasteiger partial charge >= 0.3 is 12.0 Å². The predicted molar refractivity (Wildman–Crippen MR) is 69.4 cm³/mol. The predicted octanol–water partition coefficient (Wildman–Crippen LogP) is 1.41. The molecule has 2 amide bonds. The van der Waals surface area contributed by atoms with Gasteiger partial charge in [-0.2, -0.15) is 0 Å². The number of urea groups is 1. The molecule has 0 heterocycles. The molecule has 0 aliphatic rings. The Bertz CT molecular complexity index is 462. The molecular formula is C11H13BrN2O4. The summed E-state index contributed by atoms with van der Waals surface area (Å²) in [6.45, 7) is 0.715. The van der Waals surface area contributed by atoms with E-state index < -0.39 is 24.1 Å². The van der Waals surface area contributed by atoms with E-state index in [1.54, 1.807) is 24.3 Å². The van der Waals surface area contributed by atoms with Gasteiger partial charge in [-0.1, -0.05) is 12.1 Å². The Morgan fingerprint density at radius 1 is 1.39 bits per heavy atom. The number of halogens is 1. The van der Waals surface area contributed by atoms with Crippen LogP contribution in [0.5, 0.6) is 0 Å². The standard InChI is InChI=1S/C11H13BrN2O4/c1-11(18,9(15)16)6-13-10(17)14-8-5-3-2-4-7(8)12/h2-5,18H,6H2,1H3,(H,15,16)(H2,13,14,17). The van der Waals surface area contributed by atoms with E-state index in [4.69, 9.17) is 5.11 Å². The fraction of sp³-hybridized carbons (Fsp3) is 0.273. The summed E-state index contributed by atoms with van der Waals surface area (Å²) >= 11 is 3.25. The monoisotopic (exact) mass is 316 g/mol. The first-order valence-corrected chi connectivity index (χ1v) is 5.87. The molecule has 6 nitrogen and oxygen atoms in total. The van der Waals surface area contributed by atoms with Crippen LogP contribution in [0.2, 0.25) is 0 Å². The van der Waals surface area contributed by atoms with Gasteiger partial charge in [0.1, 0.15) is 0 Å². The number of benzene rings is 1. The number of nitrogens with one attached hydrogen (secondary N) is 2. The highest BCUT2D eigenvalue weighted by Gasteiger charge is 2.30. The number of carboxylic acids is 1. The van der Waals surface area contributed by atoms with Crippen molar-refractivity contribution in [3.05, 3.63) is 28.7 Å². The molecule has 0 bridgehead atoms. The molecule has 1 aromatic carbocycles. The maximum atomic E-state index is 11.5. The summed E-state index contributed by atoms with van der Waals surface area (Å²) < 4.78 is 0.699. The van der Waals surface area contributed by atoms with Crippen molar-refractivity contribution in [3.63, 3.8) is 0 Å². The van der Waals surface area contributed by atoms with Crippen molar-refractivity contribution in [1.82, 2.24) is 5.32 Å². The molecule has 0 aliphatic heterocycles. The molecule has 0 aliphatic carbocycles. The lowest BCUT2D eigenvalue weighted by Crippen LogP contribution is -2.47. The van der Waals surface area contributed by atoms with Gasteiger partial charge in [0.25, 0.3) is 0 Å². The largest absolute Gasteiger partial charge is 0.479 e. The van der Waals surface area contributed by atoms with E-state index in [0.29, 0.717) is 10.2 Å². The molecule has 0 radical (unpaired) electrons. The molecule has 0 fully saturated rings. The lowest BCUT2D eigenvalue weighted by atomic mass is 10.1. The number of anilines is 1. The van der Waals surface area contributed by atoms with E-state index in [1.807, 2.05) is 0 Å². The van der Waals surface area contributed by atoms with Gasteiger partial charge < -0.3 is 20.8 Å². The van der Waals surface area contributed by atoms with Gasteiger partial charge in [0.15, 0.2) is 5.60 Å². The molecule has 0 spiro atoms. The van der Waals surface area contributed by atoms with Crippen LogP contribution in [0.4, 0.5) is 10.5 Å². The number of rotatable bonds is 4. The van der Waals surface area contributed by atoms with E-state index in [0.717, 1.165) is 6.92 Å². The fourth-order valence-electron chi connectivity index (χ4n) is 1.06. The molecule has 98 valence electrons. The number of carbonyl (C=O) groups is 2. The lowest BCUT2D eigenvalue weighted by molar-refractivity contribution is -0.155. The molecule has 1 rings (SSSR count). The van der Waals surface area contributed by atoms with Gasteiger partial charge in [-0.05, 0) is 35.0 Å². The molecule has 7 heteroatoms. The minimum atomic E-state index is -1.99. The van der Waals surface area contributed by atoms with Crippen molar-refractivity contribution >= 4 is 33.6 Å². The van der Waals surface area contributed by atoms with Gasteiger partial charge in [0, 0.05) is 4.47 Å².